The number of rotatable bonds is 8. The summed E-state index contributed by atoms with van der Waals surface area (Å²) in [7, 11) is -3.74. The first kappa shape index (κ1) is 21.1. The monoisotopic (exact) mass is 370 g/mol. The topological polar surface area (TPSA) is 113 Å². The van der Waals surface area contributed by atoms with E-state index in [1.807, 2.05) is 6.92 Å². The Hall–Kier alpha value is -1.93. The van der Waals surface area contributed by atoms with Gasteiger partial charge in [-0.15, -0.1) is 0 Å². The van der Waals surface area contributed by atoms with E-state index in [-0.39, 0.29) is 23.8 Å². The SMILES string of the molecule is Cc1cc(C)c(S(=O)(=O)NCCC(=O)NC(C(=O)O)C(C)C)c(C)c1. The largest absolute Gasteiger partial charge is 0.480 e. The van der Waals surface area contributed by atoms with Crippen molar-refractivity contribution in [3.8, 4) is 0 Å². The van der Waals surface area contributed by atoms with Crippen LogP contribution in [0.25, 0.3) is 0 Å². The molecular formula is C17H26N2O5S. The van der Waals surface area contributed by atoms with Gasteiger partial charge in [0.25, 0.3) is 0 Å². The van der Waals surface area contributed by atoms with Crippen LogP contribution in [-0.2, 0) is 19.6 Å². The van der Waals surface area contributed by atoms with Gasteiger partial charge in [0, 0.05) is 13.0 Å². The summed E-state index contributed by atoms with van der Waals surface area (Å²) in [4.78, 5) is 23.1. The Kier molecular flexibility index (Phi) is 7.13. The summed E-state index contributed by atoms with van der Waals surface area (Å²) < 4.78 is 27.3. The van der Waals surface area contributed by atoms with E-state index >= 15 is 0 Å². The van der Waals surface area contributed by atoms with Gasteiger partial charge in [0.2, 0.25) is 15.9 Å². The molecule has 0 saturated heterocycles. The molecule has 1 amide bonds. The molecule has 0 aliphatic heterocycles. The lowest BCUT2D eigenvalue weighted by Crippen LogP contribution is -2.45. The van der Waals surface area contributed by atoms with Gasteiger partial charge in [-0.25, -0.2) is 17.9 Å². The van der Waals surface area contributed by atoms with Crippen LogP contribution in [-0.4, -0.2) is 38.0 Å². The number of carbonyl (C=O) groups is 2. The molecule has 0 aliphatic carbocycles. The molecule has 0 saturated carbocycles. The van der Waals surface area contributed by atoms with Crippen LogP contribution in [0, 0.1) is 26.7 Å². The number of hydrogen-bond acceptors (Lipinski definition) is 4. The van der Waals surface area contributed by atoms with Crippen LogP contribution in [0.15, 0.2) is 17.0 Å². The molecule has 0 spiro atoms. The van der Waals surface area contributed by atoms with Crippen LogP contribution in [0.5, 0.6) is 0 Å². The third-order valence-corrected chi connectivity index (χ3v) is 5.53. The van der Waals surface area contributed by atoms with Crippen molar-refractivity contribution in [2.45, 2.75) is 52.0 Å². The predicted octanol–water partition coefficient (Wildman–Crippen LogP) is 1.51. The van der Waals surface area contributed by atoms with Gasteiger partial charge in [0.1, 0.15) is 6.04 Å². The predicted molar refractivity (Wildman–Crippen MR) is 94.9 cm³/mol. The second kappa shape index (κ2) is 8.44. The van der Waals surface area contributed by atoms with Crippen LogP contribution in [0.1, 0.15) is 37.0 Å². The molecule has 0 heterocycles. The fraction of sp³-hybridized carbons (Fsp3) is 0.529. The summed E-state index contributed by atoms with van der Waals surface area (Å²) in [5.74, 6) is -1.90. The standard InChI is InChI=1S/C17H26N2O5S/c1-10(2)15(17(21)22)19-14(20)6-7-18-25(23,24)16-12(4)8-11(3)9-13(16)5/h8-10,15,18H,6-7H2,1-5H3,(H,19,20)(H,21,22). The molecule has 8 heteroatoms. The number of carboxylic acid groups (broad SMARTS) is 1. The summed E-state index contributed by atoms with van der Waals surface area (Å²) >= 11 is 0. The molecule has 1 rings (SSSR count). The van der Waals surface area contributed by atoms with E-state index in [1.165, 1.54) is 0 Å². The Balaban J connectivity index is 2.72. The zero-order valence-corrected chi connectivity index (χ0v) is 16.0. The Morgan fingerprint density at radius 2 is 1.64 bits per heavy atom. The Bertz CT molecular complexity index is 733. The van der Waals surface area contributed by atoms with Crippen molar-refractivity contribution < 1.29 is 23.1 Å². The first-order valence-electron chi connectivity index (χ1n) is 8.05. The number of carbonyl (C=O) groups excluding carboxylic acids is 1. The lowest BCUT2D eigenvalue weighted by molar-refractivity contribution is -0.143. The van der Waals surface area contributed by atoms with Crippen LogP contribution in [0.2, 0.25) is 0 Å². The zero-order chi connectivity index (χ0) is 19.4. The van der Waals surface area contributed by atoms with E-state index in [0.29, 0.717) is 11.1 Å². The highest BCUT2D eigenvalue weighted by Gasteiger charge is 2.24. The minimum Gasteiger partial charge on any atom is -0.480 e. The number of nitrogens with one attached hydrogen (secondary N) is 2. The lowest BCUT2D eigenvalue weighted by Gasteiger charge is -2.18. The highest BCUT2D eigenvalue weighted by molar-refractivity contribution is 7.89. The molecule has 140 valence electrons. The fourth-order valence-electron chi connectivity index (χ4n) is 2.72. The van der Waals surface area contributed by atoms with E-state index in [2.05, 4.69) is 10.0 Å². The van der Waals surface area contributed by atoms with Gasteiger partial charge in [-0.05, 0) is 37.8 Å². The average Bonchev–Trinajstić information content (AvgIpc) is 2.42. The smallest absolute Gasteiger partial charge is 0.326 e. The van der Waals surface area contributed by atoms with Gasteiger partial charge in [-0.2, -0.15) is 0 Å². The third-order valence-electron chi connectivity index (χ3n) is 3.77. The average molecular weight is 370 g/mol. The lowest BCUT2D eigenvalue weighted by atomic mass is 10.0. The summed E-state index contributed by atoms with van der Waals surface area (Å²) in [6.45, 7) is 8.60. The highest BCUT2D eigenvalue weighted by atomic mass is 32.2. The maximum Gasteiger partial charge on any atom is 0.326 e. The highest BCUT2D eigenvalue weighted by Crippen LogP contribution is 2.21. The van der Waals surface area contributed by atoms with Gasteiger partial charge >= 0.3 is 5.97 Å². The van der Waals surface area contributed by atoms with Gasteiger partial charge in [-0.1, -0.05) is 31.5 Å². The van der Waals surface area contributed by atoms with E-state index in [0.717, 1.165) is 5.56 Å². The first-order chi connectivity index (χ1) is 11.5. The van der Waals surface area contributed by atoms with Gasteiger partial charge in [0.15, 0.2) is 0 Å². The minimum atomic E-state index is -3.74. The molecular weight excluding hydrogens is 344 g/mol. The number of aliphatic carboxylic acids is 1. The molecule has 0 aromatic heterocycles. The van der Waals surface area contributed by atoms with E-state index in [1.54, 1.807) is 39.8 Å². The Labute approximate surface area is 148 Å². The van der Waals surface area contributed by atoms with Crippen molar-refractivity contribution >= 4 is 21.9 Å². The minimum absolute atomic E-state index is 0.106. The number of hydrogen-bond donors (Lipinski definition) is 3. The quantitative estimate of drug-likeness (QED) is 0.642. The molecule has 1 aromatic rings. The first-order valence-corrected chi connectivity index (χ1v) is 9.53. The Morgan fingerprint density at radius 1 is 1.12 bits per heavy atom. The van der Waals surface area contributed by atoms with Crippen molar-refractivity contribution in [3.05, 3.63) is 28.8 Å². The summed E-state index contributed by atoms with van der Waals surface area (Å²) in [5.41, 5.74) is 2.25. The summed E-state index contributed by atoms with van der Waals surface area (Å²) in [5, 5.41) is 11.5. The van der Waals surface area contributed by atoms with E-state index < -0.39 is 27.9 Å². The molecule has 1 aromatic carbocycles. The Morgan fingerprint density at radius 3 is 2.08 bits per heavy atom. The van der Waals surface area contributed by atoms with Gasteiger partial charge in [-0.3, -0.25) is 4.79 Å². The number of sulfonamides is 1. The number of aryl methyl sites for hydroxylation is 3. The van der Waals surface area contributed by atoms with Crippen molar-refractivity contribution in [2.24, 2.45) is 5.92 Å². The molecule has 0 fully saturated rings. The van der Waals surface area contributed by atoms with Crippen LogP contribution >= 0.6 is 0 Å². The third kappa shape index (κ3) is 5.82. The normalized spacial score (nSPS) is 12.9. The summed E-state index contributed by atoms with van der Waals surface area (Å²) in [6, 6.07) is 2.58. The van der Waals surface area contributed by atoms with Crippen LogP contribution in [0.3, 0.4) is 0 Å². The molecule has 7 nitrogen and oxygen atoms in total. The summed E-state index contributed by atoms with van der Waals surface area (Å²) in [6.07, 6.45) is -0.139. The fourth-order valence-corrected chi connectivity index (χ4v) is 4.20. The van der Waals surface area contributed by atoms with Gasteiger partial charge in [0.05, 0.1) is 4.90 Å². The maximum atomic E-state index is 12.5. The van der Waals surface area contributed by atoms with Crippen LogP contribution < -0.4 is 10.0 Å². The maximum absolute atomic E-state index is 12.5. The van der Waals surface area contributed by atoms with Gasteiger partial charge < -0.3 is 10.4 Å². The van der Waals surface area contributed by atoms with Crippen molar-refractivity contribution in [2.75, 3.05) is 6.54 Å². The van der Waals surface area contributed by atoms with E-state index in [9.17, 15) is 18.0 Å². The van der Waals surface area contributed by atoms with Crippen molar-refractivity contribution in [1.82, 2.24) is 10.0 Å². The number of amides is 1. The molecule has 0 radical (unpaired) electrons. The number of carboxylic acids is 1. The van der Waals surface area contributed by atoms with Crippen LogP contribution in [0.4, 0.5) is 0 Å². The molecule has 0 aliphatic rings. The molecule has 25 heavy (non-hydrogen) atoms. The van der Waals surface area contributed by atoms with Crippen molar-refractivity contribution in [1.29, 1.82) is 0 Å². The molecule has 1 atom stereocenters. The second-order valence-corrected chi connectivity index (χ2v) is 8.21. The molecule has 0 bridgehead atoms. The number of benzene rings is 1. The zero-order valence-electron chi connectivity index (χ0n) is 15.2. The molecule has 1 unspecified atom stereocenters. The molecule has 3 N–H and O–H groups in total. The van der Waals surface area contributed by atoms with Crippen molar-refractivity contribution in [3.63, 3.8) is 0 Å². The second-order valence-electron chi connectivity index (χ2n) is 6.50. The van der Waals surface area contributed by atoms with E-state index in [4.69, 9.17) is 5.11 Å².